The number of fused-ring (bicyclic) bond motifs is 1. The second-order valence-electron chi connectivity index (χ2n) is 15.4. The van der Waals surface area contributed by atoms with Crippen molar-refractivity contribution in [2.75, 3.05) is 37.7 Å². The summed E-state index contributed by atoms with van der Waals surface area (Å²) in [6.07, 6.45) is 5.33. The Hall–Kier alpha value is -4.35. The van der Waals surface area contributed by atoms with Gasteiger partial charge in [-0.05, 0) is 70.3 Å². The van der Waals surface area contributed by atoms with Crippen molar-refractivity contribution in [2.45, 2.75) is 126 Å². The Bertz CT molecular complexity index is 1480. The fraction of sp³-hybridized carbons (Fsp3) is 0.757. The number of carbonyl (C=O) groups excluding carboxylic acids is 9. The molecule has 0 spiro atoms. The third kappa shape index (κ3) is 19.8. The highest BCUT2D eigenvalue weighted by Gasteiger charge is 2.42. The lowest BCUT2D eigenvalue weighted by Crippen LogP contribution is -2.56. The highest BCUT2D eigenvalue weighted by molar-refractivity contribution is 8.00. The number of thiol groups is 1. The predicted octanol–water partition coefficient (Wildman–Crippen LogP) is -2.21. The molecule has 0 aromatic rings. The third-order valence-electron chi connectivity index (χ3n) is 9.95. The van der Waals surface area contributed by atoms with Gasteiger partial charge >= 0.3 is 6.03 Å². The number of urea groups is 1. The largest absolute Gasteiger partial charge is 0.368 e. The van der Waals surface area contributed by atoms with E-state index in [9.17, 15) is 43.2 Å². The minimum absolute atomic E-state index is 0.0245. The average molecular weight is 888 g/mol. The first-order chi connectivity index (χ1) is 28.6. The maximum Gasteiger partial charge on any atom is 0.315 e. The minimum Gasteiger partial charge on any atom is -0.368 e. The van der Waals surface area contributed by atoms with Crippen molar-refractivity contribution >= 4 is 77.7 Å². The van der Waals surface area contributed by atoms with Gasteiger partial charge in [0.15, 0.2) is 0 Å². The molecule has 0 saturated carbocycles. The van der Waals surface area contributed by atoms with Gasteiger partial charge in [-0.2, -0.15) is 24.4 Å². The molecule has 21 nitrogen and oxygen atoms in total. The Balaban J connectivity index is 1.71. The molecular formula is C37H65N11O10S2. The molecule has 2 rings (SSSR count). The molecule has 340 valence electrons. The molecule has 1 unspecified atom stereocenters. The molecule has 60 heavy (non-hydrogen) atoms. The number of carbonyl (C=O) groups is 9. The van der Waals surface area contributed by atoms with Gasteiger partial charge in [0.05, 0.1) is 25.2 Å². The van der Waals surface area contributed by atoms with Crippen LogP contribution in [-0.2, 0) is 38.4 Å². The van der Waals surface area contributed by atoms with Crippen molar-refractivity contribution < 1.29 is 48.4 Å². The maximum absolute atomic E-state index is 13.3. The smallest absolute Gasteiger partial charge is 0.315 e. The average Bonchev–Trinajstić information content (AvgIpc) is 3.76. The number of primary amides is 1. The van der Waals surface area contributed by atoms with E-state index in [0.717, 1.165) is 25.0 Å². The van der Waals surface area contributed by atoms with Crippen molar-refractivity contribution in [3.05, 3.63) is 0 Å². The van der Waals surface area contributed by atoms with E-state index in [-0.39, 0.29) is 55.0 Å². The van der Waals surface area contributed by atoms with Gasteiger partial charge < -0.3 is 54.0 Å². The first-order valence-electron chi connectivity index (χ1n) is 20.5. The fourth-order valence-electron chi connectivity index (χ4n) is 6.77. The van der Waals surface area contributed by atoms with Gasteiger partial charge in [-0.25, -0.2) is 10.3 Å². The van der Waals surface area contributed by atoms with Gasteiger partial charge in [-0.15, -0.1) is 0 Å². The van der Waals surface area contributed by atoms with E-state index < -0.39 is 78.5 Å². The summed E-state index contributed by atoms with van der Waals surface area (Å²) in [6, 6.07) is -3.12. The van der Waals surface area contributed by atoms with E-state index in [1.54, 1.807) is 0 Å². The number of nitrogens with one attached hydrogen (secondary N) is 9. The summed E-state index contributed by atoms with van der Waals surface area (Å²) in [7, 11) is 0. The van der Waals surface area contributed by atoms with Crippen LogP contribution in [-0.4, -0.2) is 132 Å². The zero-order valence-corrected chi connectivity index (χ0v) is 36.2. The monoisotopic (exact) mass is 887 g/mol. The Morgan fingerprint density at radius 3 is 2.13 bits per heavy atom. The molecular weight excluding hydrogens is 823 g/mol. The molecule has 2 aliphatic heterocycles. The lowest BCUT2D eigenvalue weighted by Gasteiger charge is -2.25. The standard InChI is InChI=1S/C37H65N11O10S2/c1-21(2)15-22(16-29(50)48-58)34(54)44-24(10-5-7-13-38)36(56)45-25(19-59)35(55)42-17-30(51)41-18-31(52)43-23(33(39)53)9-6-8-14-40-28(49)12-4-3-11-27-32-26(20-60-27)46-37(57)47-32/h21-27,32,58-59H,3-20,38H2,1-2H3,(H2,39,53)(H,40,49)(H,41,51)(H,42,55)(H,43,52)(H,44,54)(H,45,56)(H,48,50)(H2,46,47,57)/t22?,23-,24-,25-,26-,27-,32-/m0/s1. The summed E-state index contributed by atoms with van der Waals surface area (Å²) < 4.78 is 0. The molecule has 0 bridgehead atoms. The van der Waals surface area contributed by atoms with Crippen molar-refractivity contribution in [3.8, 4) is 0 Å². The van der Waals surface area contributed by atoms with Crippen LogP contribution in [0, 0.1) is 11.8 Å². The molecule has 2 aliphatic rings. The van der Waals surface area contributed by atoms with Crippen molar-refractivity contribution in [2.24, 2.45) is 23.3 Å². The Labute approximate surface area is 360 Å². The van der Waals surface area contributed by atoms with Crippen LogP contribution in [0.4, 0.5) is 4.79 Å². The van der Waals surface area contributed by atoms with Gasteiger partial charge in [0, 0.05) is 42.1 Å². The van der Waals surface area contributed by atoms with E-state index >= 15 is 0 Å². The number of hydroxylamine groups is 1. The first kappa shape index (κ1) is 51.8. The van der Waals surface area contributed by atoms with E-state index in [0.29, 0.717) is 56.9 Å². The summed E-state index contributed by atoms with van der Waals surface area (Å²) >= 11 is 5.98. The van der Waals surface area contributed by atoms with Crippen LogP contribution in [0.1, 0.15) is 90.9 Å². The van der Waals surface area contributed by atoms with Crippen LogP contribution in [0.5, 0.6) is 0 Å². The SMILES string of the molecule is CC(C)CC(CC(=O)NO)C(=O)N[C@@H](CCCCN)C(=O)N[C@@H](CS)C(=O)NCC(=O)NCC(=O)N[C@@H](CCCCNC(=O)CCCC[C@@H]1SC[C@@H]2NC(=O)N[C@@H]21)C(N)=O. The van der Waals surface area contributed by atoms with Crippen LogP contribution in [0.15, 0.2) is 0 Å². The Kier molecular flexibility index (Phi) is 24.4. The summed E-state index contributed by atoms with van der Waals surface area (Å²) in [5.74, 6) is -5.16. The lowest BCUT2D eigenvalue weighted by molar-refractivity contribution is -0.137. The van der Waals surface area contributed by atoms with Crippen LogP contribution in [0.3, 0.4) is 0 Å². The molecule has 2 heterocycles. The lowest BCUT2D eigenvalue weighted by atomic mass is 9.92. The van der Waals surface area contributed by atoms with Crippen LogP contribution >= 0.6 is 24.4 Å². The van der Waals surface area contributed by atoms with E-state index in [1.165, 1.54) is 5.48 Å². The summed E-state index contributed by atoms with van der Waals surface area (Å²) in [4.78, 5) is 112. The van der Waals surface area contributed by atoms with Gasteiger partial charge in [0.2, 0.25) is 47.3 Å². The number of hydrogen-bond donors (Lipinski definition) is 13. The number of hydrogen-bond acceptors (Lipinski definition) is 13. The number of rotatable bonds is 30. The van der Waals surface area contributed by atoms with E-state index in [2.05, 4.69) is 55.2 Å². The second kappa shape index (κ2) is 28.2. The molecule has 0 aliphatic carbocycles. The fourth-order valence-corrected chi connectivity index (χ4v) is 8.57. The van der Waals surface area contributed by atoms with Crippen LogP contribution in [0.25, 0.3) is 0 Å². The highest BCUT2D eigenvalue weighted by atomic mass is 32.2. The molecule has 14 N–H and O–H groups in total. The summed E-state index contributed by atoms with van der Waals surface area (Å²) in [6.45, 7) is 3.37. The maximum atomic E-state index is 13.3. The molecule has 0 radical (unpaired) electrons. The predicted molar refractivity (Wildman–Crippen MR) is 226 cm³/mol. The number of unbranched alkanes of at least 4 members (excludes halogenated alkanes) is 3. The van der Waals surface area contributed by atoms with Crippen molar-refractivity contribution in [1.82, 2.24) is 48.0 Å². The second-order valence-corrected chi connectivity index (χ2v) is 17.0. The number of nitrogens with two attached hydrogens (primary N) is 2. The first-order valence-corrected chi connectivity index (χ1v) is 22.2. The normalized spacial score (nSPS) is 18.7. The molecule has 0 aromatic carbocycles. The van der Waals surface area contributed by atoms with Crippen molar-refractivity contribution in [3.63, 3.8) is 0 Å². The molecule has 2 fully saturated rings. The minimum atomic E-state index is -1.21. The van der Waals surface area contributed by atoms with Gasteiger partial charge in [-0.1, -0.05) is 20.3 Å². The number of thioether (sulfide) groups is 1. The molecule has 23 heteroatoms. The Morgan fingerprint density at radius 1 is 0.783 bits per heavy atom. The summed E-state index contributed by atoms with van der Waals surface area (Å²) in [5, 5.41) is 30.4. The van der Waals surface area contributed by atoms with Gasteiger partial charge in [0.25, 0.3) is 0 Å². The molecule has 10 amide bonds. The van der Waals surface area contributed by atoms with E-state index in [1.807, 2.05) is 25.6 Å². The zero-order valence-electron chi connectivity index (χ0n) is 34.5. The third-order valence-corrected chi connectivity index (χ3v) is 11.8. The van der Waals surface area contributed by atoms with E-state index in [4.69, 9.17) is 16.7 Å². The van der Waals surface area contributed by atoms with Crippen LogP contribution in [0.2, 0.25) is 0 Å². The quantitative estimate of drug-likeness (QED) is 0.0120. The van der Waals surface area contributed by atoms with Gasteiger partial charge in [-0.3, -0.25) is 43.6 Å². The topological polar surface area (TPSA) is 334 Å². The highest BCUT2D eigenvalue weighted by Crippen LogP contribution is 2.33. The van der Waals surface area contributed by atoms with Crippen molar-refractivity contribution in [1.29, 1.82) is 0 Å². The van der Waals surface area contributed by atoms with Gasteiger partial charge in [0.1, 0.15) is 18.1 Å². The molecule has 7 atom stereocenters. The zero-order chi connectivity index (χ0) is 44.6. The number of amides is 10. The molecule has 2 saturated heterocycles. The summed E-state index contributed by atoms with van der Waals surface area (Å²) in [5.41, 5.74) is 12.6. The Morgan fingerprint density at radius 2 is 1.47 bits per heavy atom. The van der Waals surface area contributed by atoms with Crippen LogP contribution < -0.4 is 59.5 Å². The molecule has 0 aromatic heterocycles.